The molecule has 1 saturated carbocycles. The summed E-state index contributed by atoms with van der Waals surface area (Å²) in [5.74, 6) is 0.000711. The Morgan fingerprint density at radius 2 is 1.66 bits per heavy atom. The Balaban J connectivity index is 0.00000252. The molecule has 58 heavy (non-hydrogen) atoms. The number of ether oxygens (including phenoxy) is 2. The number of halogens is 3. The standard InChI is InChI=1S/C39H43F3N8O5S.C2H6/c1-3-29-35(48-16-18-49(19-17-48)37(52)27-6-4-5-7-31(27)46-56-24-9-10-24)38(53)50(47(2)36(45-44-29)23-8-15-32-33(20-23)55-22-54-32)21-34(51)43-30-14-13-28(39(40,41)42)25-11-12-26(25)30;1-2/h4-8,13-15,20,24,36,44-46H,3,9-12,16-19,21-22H2,1-2H3,(H,43,51);1-2H3/b35-29+;. The highest BCUT2D eigenvalue weighted by Gasteiger charge is 2.40. The van der Waals surface area contributed by atoms with Gasteiger partial charge in [-0.25, -0.2) is 5.43 Å². The molecule has 0 radical (unpaired) electrons. The van der Waals surface area contributed by atoms with Crippen molar-refractivity contribution in [3.8, 4) is 11.5 Å². The highest BCUT2D eigenvalue weighted by molar-refractivity contribution is 8.01. The van der Waals surface area contributed by atoms with Gasteiger partial charge in [0, 0.05) is 44.2 Å². The number of para-hydroxylation sites is 1. The molecule has 0 bridgehead atoms. The number of carbonyl (C=O) groups is 3. The maximum absolute atomic E-state index is 14.9. The van der Waals surface area contributed by atoms with Gasteiger partial charge in [-0.1, -0.05) is 39.0 Å². The lowest BCUT2D eigenvalue weighted by Crippen LogP contribution is -2.59. The smallest absolute Gasteiger partial charge is 0.416 e. The molecule has 4 N–H and O–H groups in total. The number of hydrazine groups is 2. The topological polar surface area (TPSA) is 131 Å². The molecule has 3 aromatic carbocycles. The number of allylic oxidation sites excluding steroid dienone is 1. The first-order chi connectivity index (χ1) is 28.0. The van der Waals surface area contributed by atoms with E-state index in [0.29, 0.717) is 89.5 Å². The number of hydrogen-bond donors (Lipinski definition) is 4. The van der Waals surface area contributed by atoms with Crippen LogP contribution >= 0.6 is 11.9 Å². The van der Waals surface area contributed by atoms with Gasteiger partial charge < -0.3 is 34.7 Å². The van der Waals surface area contributed by atoms with Crippen LogP contribution in [0.1, 0.15) is 78.8 Å². The van der Waals surface area contributed by atoms with Crippen LogP contribution in [0.3, 0.4) is 0 Å². The highest BCUT2D eigenvalue weighted by atomic mass is 32.2. The number of nitrogens with zero attached hydrogens (tertiary/aromatic N) is 4. The predicted octanol–water partition coefficient (Wildman–Crippen LogP) is 6.28. The Bertz CT molecular complexity index is 2070. The van der Waals surface area contributed by atoms with Gasteiger partial charge >= 0.3 is 6.18 Å². The van der Waals surface area contributed by atoms with Gasteiger partial charge in [-0.3, -0.25) is 19.4 Å². The Kier molecular flexibility index (Phi) is 12.3. The molecule has 1 saturated heterocycles. The number of rotatable bonds is 10. The molecule has 17 heteroatoms. The number of fused-ring (bicyclic) bond motifs is 2. The summed E-state index contributed by atoms with van der Waals surface area (Å²) >= 11 is 1.64. The second-order valence-electron chi connectivity index (χ2n) is 14.3. The van der Waals surface area contributed by atoms with E-state index in [4.69, 9.17) is 9.47 Å². The van der Waals surface area contributed by atoms with E-state index in [1.54, 1.807) is 41.0 Å². The van der Waals surface area contributed by atoms with Gasteiger partial charge in [-0.05, 0) is 97.1 Å². The summed E-state index contributed by atoms with van der Waals surface area (Å²) in [4.78, 5) is 46.3. The van der Waals surface area contributed by atoms with Crippen LogP contribution in [0.25, 0.3) is 0 Å². The van der Waals surface area contributed by atoms with Gasteiger partial charge in [0.05, 0.1) is 22.5 Å². The molecule has 1 unspecified atom stereocenters. The van der Waals surface area contributed by atoms with Gasteiger partial charge in [0.15, 0.2) is 11.5 Å². The monoisotopic (exact) mass is 822 g/mol. The maximum atomic E-state index is 14.9. The zero-order valence-corrected chi connectivity index (χ0v) is 33.8. The third kappa shape index (κ3) is 8.52. The molecule has 1 atom stereocenters. The van der Waals surface area contributed by atoms with Gasteiger partial charge in [0.25, 0.3) is 11.8 Å². The van der Waals surface area contributed by atoms with Crippen molar-refractivity contribution in [3.63, 3.8) is 0 Å². The van der Waals surface area contributed by atoms with E-state index < -0.39 is 36.3 Å². The van der Waals surface area contributed by atoms with Crippen molar-refractivity contribution >= 4 is 41.0 Å². The van der Waals surface area contributed by atoms with Crippen molar-refractivity contribution in [1.82, 2.24) is 30.7 Å². The zero-order valence-electron chi connectivity index (χ0n) is 33.0. The summed E-state index contributed by atoms with van der Waals surface area (Å²) in [6.07, 6.45) is -1.75. The number of carbonyl (C=O) groups excluding carboxylic acids is 3. The number of piperazine rings is 1. The minimum atomic E-state index is -4.49. The normalized spacial score (nSPS) is 20.5. The van der Waals surface area contributed by atoms with Crippen molar-refractivity contribution in [2.45, 2.75) is 70.5 Å². The quantitative estimate of drug-likeness (QED) is 0.173. The number of nitrogens with one attached hydrogen (secondary N) is 4. The predicted molar refractivity (Wildman–Crippen MR) is 215 cm³/mol. The van der Waals surface area contributed by atoms with Crippen molar-refractivity contribution in [2.24, 2.45) is 0 Å². The van der Waals surface area contributed by atoms with E-state index in [1.165, 1.54) is 11.1 Å². The van der Waals surface area contributed by atoms with E-state index >= 15 is 0 Å². The minimum absolute atomic E-state index is 0.0806. The van der Waals surface area contributed by atoms with E-state index in [-0.39, 0.29) is 24.7 Å². The van der Waals surface area contributed by atoms with Crippen LogP contribution in [0.5, 0.6) is 11.5 Å². The summed E-state index contributed by atoms with van der Waals surface area (Å²) in [6.45, 7) is 7.00. The molecule has 3 amide bonds. The fourth-order valence-corrected chi connectivity index (χ4v) is 8.27. The number of hydrogen-bond acceptors (Lipinski definition) is 11. The fraction of sp³-hybridized carbons (Fsp3) is 0.439. The molecule has 0 aromatic heterocycles. The van der Waals surface area contributed by atoms with Crippen molar-refractivity contribution in [2.75, 3.05) is 56.6 Å². The molecule has 8 rings (SSSR count). The second kappa shape index (κ2) is 17.4. The summed E-state index contributed by atoms with van der Waals surface area (Å²) in [5.41, 5.74) is 9.87. The average Bonchev–Trinajstić information content (AvgIpc) is 3.93. The molecular formula is C41H49F3N8O5S. The summed E-state index contributed by atoms with van der Waals surface area (Å²) in [6, 6.07) is 15.2. The fourth-order valence-electron chi connectivity index (χ4n) is 7.43. The van der Waals surface area contributed by atoms with Crippen molar-refractivity contribution in [1.29, 1.82) is 0 Å². The van der Waals surface area contributed by atoms with Crippen LogP contribution in [0.4, 0.5) is 24.5 Å². The van der Waals surface area contributed by atoms with Gasteiger partial charge in [-0.2, -0.15) is 18.2 Å². The zero-order chi connectivity index (χ0) is 41.1. The lowest BCUT2D eigenvalue weighted by atomic mass is 9.83. The largest absolute Gasteiger partial charge is 0.454 e. The van der Waals surface area contributed by atoms with E-state index in [2.05, 4.69) is 20.9 Å². The maximum Gasteiger partial charge on any atom is 0.416 e. The van der Waals surface area contributed by atoms with E-state index in [1.807, 2.05) is 56.0 Å². The number of alkyl halides is 3. The first-order valence-corrected chi connectivity index (χ1v) is 20.6. The van der Waals surface area contributed by atoms with E-state index in [9.17, 15) is 27.6 Å². The Labute approximate surface area is 340 Å². The minimum Gasteiger partial charge on any atom is -0.454 e. The third-order valence-corrected chi connectivity index (χ3v) is 11.9. The second-order valence-corrected chi connectivity index (χ2v) is 15.4. The van der Waals surface area contributed by atoms with Crippen LogP contribution in [0, 0.1) is 0 Å². The molecule has 3 heterocycles. The van der Waals surface area contributed by atoms with Crippen LogP contribution < -0.4 is 30.4 Å². The van der Waals surface area contributed by atoms with Gasteiger partial charge in [-0.15, -0.1) is 0 Å². The lowest BCUT2D eigenvalue weighted by Gasteiger charge is -2.44. The number of anilines is 2. The number of benzene rings is 3. The van der Waals surface area contributed by atoms with E-state index in [0.717, 1.165) is 24.6 Å². The summed E-state index contributed by atoms with van der Waals surface area (Å²) < 4.78 is 55.4. The molecule has 0 spiro atoms. The summed E-state index contributed by atoms with van der Waals surface area (Å²) in [7, 11) is 1.68. The molecule has 5 aliphatic rings. The average molecular weight is 823 g/mol. The lowest BCUT2D eigenvalue weighted by molar-refractivity contribution is -0.155. The van der Waals surface area contributed by atoms with Gasteiger partial charge in [0.1, 0.15) is 18.4 Å². The van der Waals surface area contributed by atoms with Crippen molar-refractivity contribution in [3.05, 3.63) is 93.8 Å². The molecular weight excluding hydrogens is 774 g/mol. The first kappa shape index (κ1) is 41.0. The van der Waals surface area contributed by atoms with Gasteiger partial charge in [0.2, 0.25) is 12.7 Å². The first-order valence-electron chi connectivity index (χ1n) is 19.8. The molecule has 310 valence electrons. The highest BCUT2D eigenvalue weighted by Crippen LogP contribution is 2.41. The van der Waals surface area contributed by atoms with Crippen LogP contribution in [-0.2, 0) is 28.6 Å². The molecule has 2 fully saturated rings. The summed E-state index contributed by atoms with van der Waals surface area (Å²) in [5, 5.41) is 6.31. The molecule has 2 aliphatic carbocycles. The van der Waals surface area contributed by atoms with Crippen LogP contribution in [0.15, 0.2) is 66.0 Å². The van der Waals surface area contributed by atoms with Crippen molar-refractivity contribution < 1.29 is 37.0 Å². The number of amides is 3. The SMILES string of the molecule is CC.CC/C1=C(\N2CCN(C(=O)c3ccccc3NSC3CC3)CC2)C(=O)N(CC(=O)Nc2ccc(C(F)(F)F)c3c2CC3)N(C)C(c2ccc3c(c2)OCO3)NN1. The third-order valence-electron chi connectivity index (χ3n) is 10.7. The molecule has 13 nitrogen and oxygen atoms in total. The molecule has 3 aliphatic heterocycles. The Morgan fingerprint density at radius 1 is 0.931 bits per heavy atom. The van der Waals surface area contributed by atoms with Crippen LogP contribution in [-0.4, -0.2) is 89.4 Å². The van der Waals surface area contributed by atoms with Crippen LogP contribution in [0.2, 0.25) is 0 Å². The Morgan fingerprint density at radius 3 is 2.34 bits per heavy atom. The Hall–Kier alpha value is -5.13. The molecule has 3 aromatic rings.